The van der Waals surface area contributed by atoms with Crippen LogP contribution in [0.5, 0.6) is 0 Å². The van der Waals surface area contributed by atoms with Gasteiger partial charge in [0.25, 0.3) is 0 Å². The summed E-state index contributed by atoms with van der Waals surface area (Å²) in [5.41, 5.74) is -0.0220. The fourth-order valence-electron chi connectivity index (χ4n) is 0.314. The molecule has 1 aromatic rings. The molecule has 1 heterocycles. The average Bonchev–Trinajstić information content (AvgIpc) is 1.69. The Morgan fingerprint density at radius 3 is 2.14 bits per heavy atom. The molecule has 0 unspecified atom stereocenters. The van der Waals surface area contributed by atoms with Crippen molar-refractivity contribution in [2.24, 2.45) is 0 Å². The second-order valence-corrected chi connectivity index (χ2v) is 1.14. The Hall–Kier alpha value is -1.05. The van der Waals surface area contributed by atoms with Gasteiger partial charge in [0.05, 0.1) is 12.5 Å². The smallest absolute Gasteiger partial charge is 0.184 e. The van der Waals surface area contributed by atoms with Gasteiger partial charge in [0.1, 0.15) is 0 Å². The summed E-state index contributed by atoms with van der Waals surface area (Å²) in [5, 5.41) is 0. The van der Waals surface area contributed by atoms with Crippen molar-refractivity contribution in [1.82, 2.24) is 0 Å². The van der Waals surface area contributed by atoms with Crippen LogP contribution in [0.3, 0.4) is 0 Å². The molecule has 0 atom stereocenters. The third kappa shape index (κ3) is 0.892. The van der Waals surface area contributed by atoms with Crippen LogP contribution in [0, 0.1) is 0 Å². The third-order valence-electron chi connectivity index (χ3n) is 0.622. The van der Waals surface area contributed by atoms with E-state index >= 15 is 0 Å². The third-order valence-corrected chi connectivity index (χ3v) is 0.622. The Morgan fingerprint density at radius 2 is 1.86 bits per heavy atom. The molecule has 0 fully saturated rings. The summed E-state index contributed by atoms with van der Waals surface area (Å²) in [6, 6.07) is 2.72. The maximum atomic E-state index is 10.2. The second-order valence-electron chi connectivity index (χ2n) is 1.14. The van der Waals surface area contributed by atoms with E-state index in [1.165, 1.54) is 24.7 Å². The van der Waals surface area contributed by atoms with Gasteiger partial charge in [0.2, 0.25) is 0 Å². The number of hydrogen-bond donors (Lipinski definition) is 0. The Labute approximate surface area is 40.4 Å². The van der Waals surface area contributed by atoms with E-state index < -0.39 is 0 Å². The van der Waals surface area contributed by atoms with Crippen LogP contribution in [0.4, 0.5) is 0 Å². The van der Waals surface area contributed by atoms with Gasteiger partial charge in [-0.25, -0.2) is 0 Å². The van der Waals surface area contributed by atoms with Gasteiger partial charge in [0, 0.05) is 12.1 Å². The summed E-state index contributed by atoms with van der Waals surface area (Å²) >= 11 is 0. The van der Waals surface area contributed by atoms with Crippen molar-refractivity contribution in [1.29, 1.82) is 0 Å². The predicted octanol–water partition coefficient (Wildman–Crippen LogP) is 0.640. The molecule has 36 valence electrons. The molecule has 0 aliphatic rings. The summed E-state index contributed by atoms with van der Waals surface area (Å²) in [7, 11) is 0. The maximum Gasteiger partial charge on any atom is 0.184 e. The fraction of sp³-hybridized carbons (Fsp3) is 0. The SMILES string of the molecule is O=c1[13cH]coc[13cH]1. The molecule has 0 aromatic carbocycles. The molecule has 7 heavy (non-hydrogen) atoms. The van der Waals surface area contributed by atoms with Crippen LogP contribution < -0.4 is 5.43 Å². The van der Waals surface area contributed by atoms with E-state index in [9.17, 15) is 4.79 Å². The minimum atomic E-state index is -0.0220. The Bertz CT molecular complexity index is 172. The zero-order valence-electron chi connectivity index (χ0n) is 3.63. The van der Waals surface area contributed by atoms with E-state index in [4.69, 9.17) is 0 Å². The summed E-state index contributed by atoms with van der Waals surface area (Å²) in [6.07, 6.45) is 2.70. The number of hydrogen-bond acceptors (Lipinski definition) is 2. The summed E-state index contributed by atoms with van der Waals surface area (Å²) in [5.74, 6) is 0. The lowest BCUT2D eigenvalue weighted by molar-refractivity contribution is 0.548. The monoisotopic (exact) mass is 98.0 g/mol. The second kappa shape index (κ2) is 1.60. The van der Waals surface area contributed by atoms with E-state index in [0.717, 1.165) is 0 Å². The molecule has 1 rings (SSSR count). The first kappa shape index (κ1) is 4.12. The highest BCUT2D eigenvalue weighted by atomic mass is 16.3. The molecule has 2 nitrogen and oxygen atoms in total. The molecule has 0 aliphatic carbocycles. The van der Waals surface area contributed by atoms with E-state index in [1.807, 2.05) is 0 Å². The lowest BCUT2D eigenvalue weighted by Gasteiger charge is -1.72. The Balaban J connectivity index is 3.28. The van der Waals surface area contributed by atoms with Gasteiger partial charge < -0.3 is 4.42 Å². The van der Waals surface area contributed by atoms with E-state index in [1.54, 1.807) is 0 Å². The maximum absolute atomic E-state index is 10.2. The van der Waals surface area contributed by atoms with Crippen LogP contribution in [-0.4, -0.2) is 0 Å². The molecular weight excluding hydrogens is 94.0 g/mol. The highest BCUT2D eigenvalue weighted by molar-refractivity contribution is 4.86. The summed E-state index contributed by atoms with van der Waals surface area (Å²) in [6.45, 7) is 0. The fourth-order valence-corrected chi connectivity index (χ4v) is 0.314. The van der Waals surface area contributed by atoms with Crippen molar-refractivity contribution < 1.29 is 4.42 Å². The van der Waals surface area contributed by atoms with Crippen molar-refractivity contribution in [3.05, 3.63) is 34.9 Å². The molecule has 0 N–H and O–H groups in total. The molecule has 0 spiro atoms. The van der Waals surface area contributed by atoms with Crippen molar-refractivity contribution >= 4 is 0 Å². The molecule has 0 saturated heterocycles. The quantitative estimate of drug-likeness (QED) is 0.476. The highest BCUT2D eigenvalue weighted by Gasteiger charge is 1.72. The topological polar surface area (TPSA) is 30.2 Å². The molecule has 0 amide bonds. The van der Waals surface area contributed by atoms with E-state index in [-0.39, 0.29) is 5.43 Å². The Morgan fingerprint density at radius 1 is 1.29 bits per heavy atom. The van der Waals surface area contributed by atoms with Crippen LogP contribution >= 0.6 is 0 Å². The molecular formula is C5H4O2. The predicted molar refractivity (Wildman–Crippen MR) is 25.0 cm³/mol. The first-order chi connectivity index (χ1) is 3.39. The van der Waals surface area contributed by atoms with Gasteiger partial charge in [-0.05, 0) is 0 Å². The molecule has 2 heteroatoms. The van der Waals surface area contributed by atoms with E-state index in [0.29, 0.717) is 0 Å². The largest absolute Gasteiger partial charge is 0.472 e. The Kier molecular flexibility index (Phi) is 0.941. The molecule has 1 aromatic heterocycles. The number of rotatable bonds is 0. The first-order valence-corrected chi connectivity index (χ1v) is 1.92. The van der Waals surface area contributed by atoms with Crippen LogP contribution in [0.15, 0.2) is 33.9 Å². The van der Waals surface area contributed by atoms with Gasteiger partial charge in [-0.1, -0.05) is 0 Å². The van der Waals surface area contributed by atoms with Crippen LogP contribution in [0.2, 0.25) is 0 Å². The molecule has 0 saturated carbocycles. The molecule has 0 bridgehead atoms. The van der Waals surface area contributed by atoms with Crippen molar-refractivity contribution in [2.75, 3.05) is 0 Å². The van der Waals surface area contributed by atoms with Crippen LogP contribution in [0.1, 0.15) is 0 Å². The van der Waals surface area contributed by atoms with Gasteiger partial charge in [-0.2, -0.15) is 0 Å². The van der Waals surface area contributed by atoms with Gasteiger partial charge in [-0.3, -0.25) is 4.79 Å². The van der Waals surface area contributed by atoms with Gasteiger partial charge in [-0.15, -0.1) is 0 Å². The standard InChI is InChI=1S/C5H4O2/c6-5-1-3-7-4-2-5/h1-4H/i1+1,2+1. The lowest BCUT2D eigenvalue weighted by Crippen LogP contribution is -1.90. The highest BCUT2D eigenvalue weighted by Crippen LogP contribution is 1.72. The minimum Gasteiger partial charge on any atom is -0.472 e. The summed E-state index contributed by atoms with van der Waals surface area (Å²) in [4.78, 5) is 10.2. The zero-order chi connectivity index (χ0) is 5.11. The zero-order valence-corrected chi connectivity index (χ0v) is 3.63. The van der Waals surface area contributed by atoms with Crippen molar-refractivity contribution in [3.8, 4) is 0 Å². The average molecular weight is 98.1 g/mol. The normalized spacial score (nSPS) is 8.57. The van der Waals surface area contributed by atoms with Crippen LogP contribution in [0.25, 0.3) is 0 Å². The van der Waals surface area contributed by atoms with E-state index in [2.05, 4.69) is 4.42 Å². The molecule has 0 radical (unpaired) electrons. The minimum absolute atomic E-state index is 0.0220. The summed E-state index contributed by atoms with van der Waals surface area (Å²) < 4.78 is 4.56. The van der Waals surface area contributed by atoms with Crippen LogP contribution in [-0.2, 0) is 0 Å². The van der Waals surface area contributed by atoms with Gasteiger partial charge in [0.15, 0.2) is 5.43 Å². The first-order valence-electron chi connectivity index (χ1n) is 1.92. The van der Waals surface area contributed by atoms with Gasteiger partial charge >= 0.3 is 0 Å². The van der Waals surface area contributed by atoms with Crippen molar-refractivity contribution in [2.45, 2.75) is 0 Å². The van der Waals surface area contributed by atoms with Crippen molar-refractivity contribution in [3.63, 3.8) is 0 Å². The molecule has 0 aliphatic heterocycles. The lowest BCUT2D eigenvalue weighted by atomic mass is 10.9.